The summed E-state index contributed by atoms with van der Waals surface area (Å²) >= 11 is 5.90. The number of para-hydroxylation sites is 1. The zero-order valence-corrected chi connectivity index (χ0v) is 10.3. The maximum absolute atomic E-state index is 12.9. The molecule has 2 rings (SSSR count). The van der Waals surface area contributed by atoms with Crippen molar-refractivity contribution in [1.82, 2.24) is 0 Å². The van der Waals surface area contributed by atoms with Gasteiger partial charge in [0.05, 0.1) is 0 Å². The van der Waals surface area contributed by atoms with Gasteiger partial charge < -0.3 is 4.90 Å². The summed E-state index contributed by atoms with van der Waals surface area (Å²) in [7, 11) is 1.94. The third kappa shape index (κ3) is 2.59. The van der Waals surface area contributed by atoms with Gasteiger partial charge >= 0.3 is 0 Å². The third-order valence-corrected chi connectivity index (χ3v) is 3.00. The molecular weight excluding hydrogens is 237 g/mol. The number of rotatable bonds is 3. The molecule has 0 unspecified atom stereocenters. The van der Waals surface area contributed by atoms with Gasteiger partial charge in [-0.3, -0.25) is 0 Å². The minimum Gasteiger partial charge on any atom is -0.344 e. The van der Waals surface area contributed by atoms with Crippen LogP contribution in [-0.4, -0.2) is 7.05 Å². The Bertz CT molecular complexity index is 496. The van der Waals surface area contributed by atoms with Crippen LogP contribution in [-0.2, 0) is 5.88 Å². The van der Waals surface area contributed by atoms with Crippen LogP contribution in [0, 0.1) is 5.82 Å². The lowest BCUT2D eigenvalue weighted by Gasteiger charge is -2.22. The maximum Gasteiger partial charge on any atom is 0.123 e. The first-order chi connectivity index (χ1) is 8.22. The highest BCUT2D eigenvalue weighted by molar-refractivity contribution is 6.17. The molecule has 0 saturated carbocycles. The van der Waals surface area contributed by atoms with Gasteiger partial charge in [-0.15, -0.1) is 11.6 Å². The molecule has 0 spiro atoms. The van der Waals surface area contributed by atoms with Crippen molar-refractivity contribution in [3.05, 3.63) is 59.9 Å². The number of nitrogens with zero attached hydrogens (tertiary/aromatic N) is 1. The van der Waals surface area contributed by atoms with E-state index in [0.717, 1.165) is 16.9 Å². The molecule has 2 aromatic carbocycles. The number of hydrogen-bond acceptors (Lipinski definition) is 1. The van der Waals surface area contributed by atoms with Crippen molar-refractivity contribution in [2.24, 2.45) is 0 Å². The number of benzene rings is 2. The van der Waals surface area contributed by atoms with Crippen molar-refractivity contribution in [3.8, 4) is 0 Å². The molecule has 0 aliphatic rings. The number of halogens is 2. The molecule has 0 radical (unpaired) electrons. The van der Waals surface area contributed by atoms with Crippen LogP contribution in [0.15, 0.2) is 48.5 Å². The summed E-state index contributed by atoms with van der Waals surface area (Å²) in [6, 6.07) is 14.3. The molecule has 17 heavy (non-hydrogen) atoms. The highest BCUT2D eigenvalue weighted by atomic mass is 35.5. The van der Waals surface area contributed by atoms with Crippen molar-refractivity contribution in [1.29, 1.82) is 0 Å². The molecule has 0 aliphatic carbocycles. The molecule has 1 nitrogen and oxygen atoms in total. The standard InChI is InChI=1S/C14H13ClFN/c1-17(13-8-6-12(16)7-9-13)14-5-3-2-4-11(14)10-15/h2-9H,10H2,1H3. The molecule has 0 aliphatic heterocycles. The molecule has 88 valence electrons. The largest absolute Gasteiger partial charge is 0.344 e. The first-order valence-corrected chi connectivity index (χ1v) is 5.89. The Labute approximate surface area is 105 Å². The molecule has 0 amide bonds. The summed E-state index contributed by atoms with van der Waals surface area (Å²) in [5.74, 6) is 0.231. The summed E-state index contributed by atoms with van der Waals surface area (Å²) in [5, 5.41) is 0. The Morgan fingerprint density at radius 3 is 2.35 bits per heavy atom. The highest BCUT2D eigenvalue weighted by Crippen LogP contribution is 2.27. The van der Waals surface area contributed by atoms with E-state index in [0.29, 0.717) is 5.88 Å². The van der Waals surface area contributed by atoms with Crippen molar-refractivity contribution >= 4 is 23.0 Å². The molecular formula is C14H13ClFN. The molecule has 0 fully saturated rings. The predicted octanol–water partition coefficient (Wildman–Crippen LogP) is 4.33. The molecule has 3 heteroatoms. The number of alkyl halides is 1. The fourth-order valence-corrected chi connectivity index (χ4v) is 1.98. The lowest BCUT2D eigenvalue weighted by atomic mass is 10.1. The Morgan fingerprint density at radius 1 is 1.06 bits per heavy atom. The highest BCUT2D eigenvalue weighted by Gasteiger charge is 2.07. The average molecular weight is 250 g/mol. The van der Waals surface area contributed by atoms with Gasteiger partial charge in [0.15, 0.2) is 0 Å². The van der Waals surface area contributed by atoms with E-state index in [9.17, 15) is 4.39 Å². The SMILES string of the molecule is CN(c1ccc(F)cc1)c1ccccc1CCl. The van der Waals surface area contributed by atoms with Crippen LogP contribution >= 0.6 is 11.6 Å². The Balaban J connectivity index is 2.36. The maximum atomic E-state index is 12.9. The second kappa shape index (κ2) is 5.19. The molecule has 0 bridgehead atoms. The van der Waals surface area contributed by atoms with Crippen molar-refractivity contribution < 1.29 is 4.39 Å². The normalized spacial score (nSPS) is 10.3. The first kappa shape index (κ1) is 11.9. The average Bonchev–Trinajstić information content (AvgIpc) is 2.39. The number of anilines is 2. The molecule has 0 saturated heterocycles. The van der Waals surface area contributed by atoms with Gasteiger partial charge in [-0.1, -0.05) is 18.2 Å². The Hall–Kier alpha value is -1.54. The van der Waals surface area contributed by atoms with Crippen molar-refractivity contribution in [3.63, 3.8) is 0 Å². The van der Waals surface area contributed by atoms with E-state index >= 15 is 0 Å². The van der Waals surface area contributed by atoms with Gasteiger partial charge in [0.1, 0.15) is 5.82 Å². The van der Waals surface area contributed by atoms with Crippen molar-refractivity contribution in [2.45, 2.75) is 5.88 Å². The fraction of sp³-hybridized carbons (Fsp3) is 0.143. The monoisotopic (exact) mass is 249 g/mol. The molecule has 0 atom stereocenters. The Morgan fingerprint density at radius 2 is 1.71 bits per heavy atom. The lowest BCUT2D eigenvalue weighted by Crippen LogP contribution is -2.11. The summed E-state index contributed by atoms with van der Waals surface area (Å²) in [6.45, 7) is 0. The van der Waals surface area contributed by atoms with E-state index < -0.39 is 0 Å². The van der Waals surface area contributed by atoms with Crippen LogP contribution in [0.3, 0.4) is 0 Å². The zero-order valence-electron chi connectivity index (χ0n) is 9.53. The van der Waals surface area contributed by atoms with Gasteiger partial charge in [0, 0.05) is 24.3 Å². The minimum absolute atomic E-state index is 0.229. The van der Waals surface area contributed by atoms with Crippen LogP contribution in [0.4, 0.5) is 15.8 Å². The lowest BCUT2D eigenvalue weighted by molar-refractivity contribution is 0.628. The molecule has 2 aromatic rings. The zero-order chi connectivity index (χ0) is 12.3. The van der Waals surface area contributed by atoms with E-state index in [4.69, 9.17) is 11.6 Å². The van der Waals surface area contributed by atoms with Crippen LogP contribution in [0.5, 0.6) is 0 Å². The summed E-state index contributed by atoms with van der Waals surface area (Å²) in [5.41, 5.74) is 3.03. The predicted molar refractivity (Wildman–Crippen MR) is 70.5 cm³/mol. The molecule has 0 aromatic heterocycles. The number of hydrogen-bond donors (Lipinski definition) is 0. The molecule has 0 heterocycles. The van der Waals surface area contributed by atoms with E-state index in [1.54, 1.807) is 12.1 Å². The van der Waals surface area contributed by atoms with Crippen molar-refractivity contribution in [2.75, 3.05) is 11.9 Å². The third-order valence-electron chi connectivity index (χ3n) is 2.71. The quantitative estimate of drug-likeness (QED) is 0.732. The van der Waals surface area contributed by atoms with Gasteiger partial charge in [-0.25, -0.2) is 4.39 Å². The van der Waals surface area contributed by atoms with Crippen LogP contribution < -0.4 is 4.90 Å². The second-order valence-corrected chi connectivity index (χ2v) is 4.07. The van der Waals surface area contributed by atoms with E-state index in [1.807, 2.05) is 36.2 Å². The van der Waals surface area contributed by atoms with Gasteiger partial charge in [-0.2, -0.15) is 0 Å². The minimum atomic E-state index is -0.229. The fourth-order valence-electron chi connectivity index (χ4n) is 1.75. The van der Waals surface area contributed by atoms with E-state index in [1.165, 1.54) is 12.1 Å². The van der Waals surface area contributed by atoms with Gasteiger partial charge in [0.25, 0.3) is 0 Å². The summed E-state index contributed by atoms with van der Waals surface area (Å²) < 4.78 is 12.9. The second-order valence-electron chi connectivity index (χ2n) is 3.80. The van der Waals surface area contributed by atoms with E-state index in [-0.39, 0.29) is 5.82 Å². The van der Waals surface area contributed by atoms with Gasteiger partial charge in [-0.05, 0) is 35.9 Å². The topological polar surface area (TPSA) is 3.24 Å². The van der Waals surface area contributed by atoms with Crippen LogP contribution in [0.1, 0.15) is 5.56 Å². The first-order valence-electron chi connectivity index (χ1n) is 5.35. The smallest absolute Gasteiger partial charge is 0.123 e. The van der Waals surface area contributed by atoms with Crippen LogP contribution in [0.25, 0.3) is 0 Å². The summed E-state index contributed by atoms with van der Waals surface area (Å²) in [4.78, 5) is 2.00. The van der Waals surface area contributed by atoms with E-state index in [2.05, 4.69) is 0 Å². The Kier molecular flexibility index (Phi) is 3.64. The summed E-state index contributed by atoms with van der Waals surface area (Å²) in [6.07, 6.45) is 0. The van der Waals surface area contributed by atoms with Gasteiger partial charge in [0.2, 0.25) is 0 Å². The van der Waals surface area contributed by atoms with Crippen LogP contribution in [0.2, 0.25) is 0 Å². The molecule has 0 N–H and O–H groups in total.